The fourth-order valence-electron chi connectivity index (χ4n) is 1.84. The molecule has 1 aromatic rings. The fraction of sp³-hybridized carbons (Fsp3) is 0.273. The number of nitrogens with one attached hydrogen (secondary N) is 1. The standard InChI is InChI=1S/C11H10ClFN2O5S/c12-10-7(11(17)18)3-6(4-8(10)13)21(19,20)15-2-1-14-9(16)5-15/h3-4H,1-2,5H2,(H,14,16)(H,17,18). The van der Waals surface area contributed by atoms with Crippen LogP contribution >= 0.6 is 11.6 Å². The predicted octanol–water partition coefficient (Wildman–Crippen LogP) is 0.298. The zero-order valence-corrected chi connectivity index (χ0v) is 12.0. The topological polar surface area (TPSA) is 104 Å². The first-order valence-electron chi connectivity index (χ1n) is 5.72. The summed E-state index contributed by atoms with van der Waals surface area (Å²) < 4.78 is 39.1. The van der Waals surface area contributed by atoms with Crippen LogP contribution in [0.25, 0.3) is 0 Å². The molecular formula is C11H10ClFN2O5S. The zero-order chi connectivity index (χ0) is 15.8. The van der Waals surface area contributed by atoms with Gasteiger partial charge in [0.05, 0.1) is 22.0 Å². The van der Waals surface area contributed by atoms with Gasteiger partial charge in [0.1, 0.15) is 5.82 Å². The highest BCUT2D eigenvalue weighted by Crippen LogP contribution is 2.26. The van der Waals surface area contributed by atoms with Gasteiger partial charge in [-0.3, -0.25) is 4.79 Å². The molecule has 21 heavy (non-hydrogen) atoms. The number of amides is 1. The van der Waals surface area contributed by atoms with Gasteiger partial charge in [-0.2, -0.15) is 4.31 Å². The lowest BCUT2D eigenvalue weighted by atomic mass is 10.2. The molecule has 0 unspecified atom stereocenters. The van der Waals surface area contributed by atoms with Crippen LogP contribution in [0.4, 0.5) is 4.39 Å². The smallest absolute Gasteiger partial charge is 0.337 e. The number of halogens is 2. The van der Waals surface area contributed by atoms with Crippen LogP contribution in [0.5, 0.6) is 0 Å². The van der Waals surface area contributed by atoms with Crippen LogP contribution in [0.15, 0.2) is 17.0 Å². The van der Waals surface area contributed by atoms with Crippen molar-refractivity contribution in [3.05, 3.63) is 28.5 Å². The molecular weight excluding hydrogens is 327 g/mol. The summed E-state index contributed by atoms with van der Waals surface area (Å²) in [5.41, 5.74) is -0.656. The molecule has 7 nitrogen and oxygen atoms in total. The van der Waals surface area contributed by atoms with Crippen molar-refractivity contribution in [1.82, 2.24) is 9.62 Å². The van der Waals surface area contributed by atoms with Gasteiger partial charge in [0.15, 0.2) is 0 Å². The fourth-order valence-corrected chi connectivity index (χ4v) is 3.46. The molecule has 10 heteroatoms. The molecule has 1 fully saturated rings. The van der Waals surface area contributed by atoms with E-state index >= 15 is 0 Å². The van der Waals surface area contributed by atoms with Crippen molar-refractivity contribution in [1.29, 1.82) is 0 Å². The molecule has 0 aromatic heterocycles. The Hall–Kier alpha value is -1.71. The summed E-state index contributed by atoms with van der Waals surface area (Å²) in [7, 11) is -4.18. The molecule has 0 bridgehead atoms. The minimum atomic E-state index is -4.18. The average molecular weight is 337 g/mol. The van der Waals surface area contributed by atoms with Crippen LogP contribution < -0.4 is 5.32 Å². The first-order valence-corrected chi connectivity index (χ1v) is 7.54. The lowest BCUT2D eigenvalue weighted by Gasteiger charge is -2.26. The minimum Gasteiger partial charge on any atom is -0.478 e. The maximum Gasteiger partial charge on any atom is 0.337 e. The Bertz CT molecular complexity index is 722. The van der Waals surface area contributed by atoms with E-state index in [0.29, 0.717) is 6.07 Å². The summed E-state index contributed by atoms with van der Waals surface area (Å²) in [5, 5.41) is 10.7. The Morgan fingerprint density at radius 2 is 2.10 bits per heavy atom. The quantitative estimate of drug-likeness (QED) is 0.826. The van der Waals surface area contributed by atoms with E-state index in [-0.39, 0.29) is 13.1 Å². The van der Waals surface area contributed by atoms with Gasteiger partial charge in [0.2, 0.25) is 15.9 Å². The highest BCUT2D eigenvalue weighted by Gasteiger charge is 2.31. The summed E-state index contributed by atoms with van der Waals surface area (Å²) in [4.78, 5) is 21.6. The SMILES string of the molecule is O=C1CN(S(=O)(=O)c2cc(F)c(Cl)c(C(=O)O)c2)CCN1. The number of hydrogen-bond donors (Lipinski definition) is 2. The molecule has 1 saturated heterocycles. The van der Waals surface area contributed by atoms with E-state index in [0.717, 1.165) is 10.4 Å². The number of carbonyl (C=O) groups excluding carboxylic acids is 1. The second-order valence-electron chi connectivity index (χ2n) is 4.26. The molecule has 0 saturated carbocycles. The predicted molar refractivity (Wildman–Crippen MR) is 70.1 cm³/mol. The normalized spacial score (nSPS) is 16.6. The van der Waals surface area contributed by atoms with Gasteiger partial charge in [0, 0.05) is 13.1 Å². The Balaban J connectivity index is 2.50. The zero-order valence-electron chi connectivity index (χ0n) is 10.5. The van der Waals surface area contributed by atoms with E-state index in [2.05, 4.69) is 5.32 Å². The number of sulfonamides is 1. The van der Waals surface area contributed by atoms with E-state index < -0.39 is 49.7 Å². The van der Waals surface area contributed by atoms with Crippen LogP contribution in [0.2, 0.25) is 5.02 Å². The van der Waals surface area contributed by atoms with E-state index in [1.54, 1.807) is 0 Å². The Morgan fingerprint density at radius 1 is 1.43 bits per heavy atom. The molecule has 0 atom stereocenters. The van der Waals surface area contributed by atoms with Gasteiger partial charge in [-0.15, -0.1) is 0 Å². The number of piperazine rings is 1. The lowest BCUT2D eigenvalue weighted by Crippen LogP contribution is -2.49. The van der Waals surface area contributed by atoms with Crippen molar-refractivity contribution in [2.24, 2.45) is 0 Å². The third-order valence-corrected chi connectivity index (χ3v) is 5.08. The van der Waals surface area contributed by atoms with Crippen molar-refractivity contribution < 1.29 is 27.5 Å². The molecule has 2 rings (SSSR count). The largest absolute Gasteiger partial charge is 0.478 e. The molecule has 0 radical (unpaired) electrons. The Kier molecular flexibility index (Phi) is 4.17. The van der Waals surface area contributed by atoms with Crippen LogP contribution in [0.1, 0.15) is 10.4 Å². The van der Waals surface area contributed by atoms with Crippen molar-refractivity contribution in [2.45, 2.75) is 4.90 Å². The molecule has 1 aliphatic heterocycles. The number of carboxylic acid groups (broad SMARTS) is 1. The second kappa shape index (κ2) is 5.58. The Labute approximate surface area is 124 Å². The number of nitrogens with zero attached hydrogens (tertiary/aromatic N) is 1. The van der Waals surface area contributed by atoms with Crippen LogP contribution in [-0.2, 0) is 14.8 Å². The molecule has 1 amide bonds. The number of carbonyl (C=O) groups is 2. The summed E-state index contributed by atoms with van der Waals surface area (Å²) in [5.74, 6) is -3.19. The van der Waals surface area contributed by atoms with Gasteiger partial charge in [0.25, 0.3) is 0 Å². The molecule has 0 aliphatic carbocycles. The Morgan fingerprint density at radius 3 is 2.67 bits per heavy atom. The highest BCUT2D eigenvalue weighted by atomic mass is 35.5. The first kappa shape index (κ1) is 15.7. The summed E-state index contributed by atoms with van der Waals surface area (Å²) in [6.07, 6.45) is 0. The number of benzene rings is 1. The van der Waals surface area contributed by atoms with E-state index in [1.807, 2.05) is 0 Å². The second-order valence-corrected chi connectivity index (χ2v) is 6.58. The van der Waals surface area contributed by atoms with Crippen molar-refractivity contribution in [3.63, 3.8) is 0 Å². The van der Waals surface area contributed by atoms with Crippen molar-refractivity contribution >= 4 is 33.5 Å². The van der Waals surface area contributed by atoms with Crippen molar-refractivity contribution in [2.75, 3.05) is 19.6 Å². The van der Waals surface area contributed by atoms with Gasteiger partial charge in [-0.1, -0.05) is 11.6 Å². The number of rotatable bonds is 3. The summed E-state index contributed by atoms with van der Waals surface area (Å²) in [6.45, 7) is -0.268. The van der Waals surface area contributed by atoms with Crippen LogP contribution in [-0.4, -0.2) is 49.3 Å². The molecule has 1 aromatic carbocycles. The highest BCUT2D eigenvalue weighted by molar-refractivity contribution is 7.89. The lowest BCUT2D eigenvalue weighted by molar-refractivity contribution is -0.122. The van der Waals surface area contributed by atoms with Crippen molar-refractivity contribution in [3.8, 4) is 0 Å². The number of carboxylic acids is 1. The summed E-state index contributed by atoms with van der Waals surface area (Å²) >= 11 is 5.49. The van der Waals surface area contributed by atoms with Gasteiger partial charge in [-0.05, 0) is 12.1 Å². The third-order valence-electron chi connectivity index (χ3n) is 2.87. The third kappa shape index (κ3) is 2.99. The maximum absolute atomic E-state index is 13.6. The molecule has 1 heterocycles. The van der Waals surface area contributed by atoms with Gasteiger partial charge >= 0.3 is 5.97 Å². The van der Waals surface area contributed by atoms with Gasteiger partial charge in [-0.25, -0.2) is 17.6 Å². The van der Waals surface area contributed by atoms with Crippen LogP contribution in [0.3, 0.4) is 0 Å². The summed E-state index contributed by atoms with van der Waals surface area (Å²) in [6, 6.07) is 1.41. The van der Waals surface area contributed by atoms with E-state index in [4.69, 9.17) is 16.7 Å². The number of hydrogen-bond acceptors (Lipinski definition) is 4. The molecule has 1 aliphatic rings. The molecule has 114 valence electrons. The van der Waals surface area contributed by atoms with Crippen LogP contribution in [0, 0.1) is 5.82 Å². The number of aromatic carboxylic acids is 1. The first-order chi connectivity index (χ1) is 9.73. The van der Waals surface area contributed by atoms with E-state index in [9.17, 15) is 22.4 Å². The molecule has 2 N–H and O–H groups in total. The monoisotopic (exact) mass is 336 g/mol. The maximum atomic E-state index is 13.6. The minimum absolute atomic E-state index is 0.0146. The van der Waals surface area contributed by atoms with Gasteiger partial charge < -0.3 is 10.4 Å². The van der Waals surface area contributed by atoms with E-state index in [1.165, 1.54) is 0 Å². The molecule has 0 spiro atoms. The average Bonchev–Trinajstić information content (AvgIpc) is 2.41.